The summed E-state index contributed by atoms with van der Waals surface area (Å²) in [5, 5.41) is 9.24. The highest BCUT2D eigenvalue weighted by atomic mass is 16.7. The van der Waals surface area contributed by atoms with Crippen LogP contribution in [0.25, 0.3) is 0 Å². The van der Waals surface area contributed by atoms with Crippen molar-refractivity contribution in [2.75, 3.05) is 13.2 Å². The molecule has 1 N–H and O–H groups in total. The highest BCUT2D eigenvalue weighted by Crippen LogP contribution is 2.08. The van der Waals surface area contributed by atoms with E-state index < -0.39 is 23.8 Å². The van der Waals surface area contributed by atoms with Gasteiger partial charge in [0.15, 0.2) is 0 Å². The molecular weight excluding hydrogens is 216 g/mol. The summed E-state index contributed by atoms with van der Waals surface area (Å²) in [6, 6.07) is 0. The topological polar surface area (TPSA) is 82.1 Å². The zero-order valence-electron chi connectivity index (χ0n) is 9.98. The minimum atomic E-state index is -1.04. The number of aliphatic hydroxyl groups excluding tert-OH is 1. The van der Waals surface area contributed by atoms with E-state index in [1.54, 1.807) is 20.8 Å². The maximum atomic E-state index is 11.0. The first-order chi connectivity index (χ1) is 7.20. The van der Waals surface area contributed by atoms with E-state index >= 15 is 0 Å². The van der Waals surface area contributed by atoms with Crippen LogP contribution < -0.4 is 0 Å². The van der Waals surface area contributed by atoms with Gasteiger partial charge in [0.2, 0.25) is 0 Å². The van der Waals surface area contributed by atoms with E-state index in [9.17, 15) is 14.7 Å². The fraction of sp³-hybridized carbons (Fsp3) is 0.800. The Kier molecular flexibility index (Phi) is 5.81. The van der Waals surface area contributed by atoms with Gasteiger partial charge < -0.3 is 19.3 Å². The van der Waals surface area contributed by atoms with E-state index in [-0.39, 0.29) is 13.2 Å². The molecule has 6 heteroatoms. The van der Waals surface area contributed by atoms with Crippen molar-refractivity contribution in [3.05, 3.63) is 0 Å². The third-order valence-corrected chi connectivity index (χ3v) is 1.26. The smallest absolute Gasteiger partial charge is 0.463 e. The number of rotatable bonds is 4. The quantitative estimate of drug-likeness (QED) is 0.726. The SMILES string of the molecule is CC(=O)OCC(O)COC(=O)OC(C)(C)C. The van der Waals surface area contributed by atoms with Crippen LogP contribution in [-0.2, 0) is 19.0 Å². The maximum Gasteiger partial charge on any atom is 0.508 e. The molecule has 0 aliphatic carbocycles. The highest BCUT2D eigenvalue weighted by Gasteiger charge is 2.18. The lowest BCUT2D eigenvalue weighted by Crippen LogP contribution is -2.29. The molecule has 0 spiro atoms. The Labute approximate surface area is 94.5 Å². The Hall–Kier alpha value is -1.30. The summed E-state index contributed by atoms with van der Waals surface area (Å²) in [5.41, 5.74) is -0.641. The summed E-state index contributed by atoms with van der Waals surface area (Å²) in [7, 11) is 0. The molecule has 0 saturated carbocycles. The average Bonchev–Trinajstić information content (AvgIpc) is 2.08. The van der Waals surface area contributed by atoms with E-state index in [0.29, 0.717) is 0 Å². The Balaban J connectivity index is 3.71. The van der Waals surface area contributed by atoms with Crippen LogP contribution in [0.4, 0.5) is 4.79 Å². The van der Waals surface area contributed by atoms with Crippen molar-refractivity contribution in [2.45, 2.75) is 39.4 Å². The molecule has 0 heterocycles. The van der Waals surface area contributed by atoms with Gasteiger partial charge in [-0.05, 0) is 20.8 Å². The number of carbonyl (C=O) groups excluding carboxylic acids is 2. The zero-order valence-corrected chi connectivity index (χ0v) is 9.98. The fourth-order valence-electron chi connectivity index (χ4n) is 0.705. The van der Waals surface area contributed by atoms with Gasteiger partial charge >= 0.3 is 12.1 Å². The molecule has 0 aromatic heterocycles. The second-order valence-electron chi connectivity index (χ2n) is 4.23. The molecule has 0 bridgehead atoms. The van der Waals surface area contributed by atoms with Crippen LogP contribution in [0.15, 0.2) is 0 Å². The van der Waals surface area contributed by atoms with Crippen LogP contribution in [0.3, 0.4) is 0 Å². The molecule has 0 aromatic carbocycles. The van der Waals surface area contributed by atoms with Gasteiger partial charge in [0.25, 0.3) is 0 Å². The van der Waals surface area contributed by atoms with Crippen LogP contribution in [0.5, 0.6) is 0 Å². The third-order valence-electron chi connectivity index (χ3n) is 1.26. The van der Waals surface area contributed by atoms with E-state index in [1.165, 1.54) is 6.92 Å². The van der Waals surface area contributed by atoms with Gasteiger partial charge in [-0.1, -0.05) is 0 Å². The number of aliphatic hydroxyl groups is 1. The minimum Gasteiger partial charge on any atom is -0.463 e. The number of hydrogen-bond acceptors (Lipinski definition) is 6. The fourth-order valence-corrected chi connectivity index (χ4v) is 0.705. The van der Waals surface area contributed by atoms with Crippen LogP contribution in [0.1, 0.15) is 27.7 Å². The molecule has 94 valence electrons. The summed E-state index contributed by atoms with van der Waals surface area (Å²) in [6.45, 7) is 5.83. The summed E-state index contributed by atoms with van der Waals surface area (Å²) in [6.07, 6.45) is -1.91. The van der Waals surface area contributed by atoms with Gasteiger partial charge in [-0.3, -0.25) is 4.79 Å². The van der Waals surface area contributed by atoms with Crippen LogP contribution in [-0.4, -0.2) is 42.1 Å². The van der Waals surface area contributed by atoms with E-state index in [4.69, 9.17) is 4.74 Å². The van der Waals surface area contributed by atoms with Gasteiger partial charge in [0, 0.05) is 6.92 Å². The number of hydrogen-bond donors (Lipinski definition) is 1. The normalized spacial score (nSPS) is 12.8. The monoisotopic (exact) mass is 234 g/mol. The predicted octanol–water partition coefficient (Wildman–Crippen LogP) is 0.862. The second-order valence-corrected chi connectivity index (χ2v) is 4.23. The Morgan fingerprint density at radius 1 is 1.19 bits per heavy atom. The lowest BCUT2D eigenvalue weighted by Gasteiger charge is -2.19. The molecule has 6 nitrogen and oxygen atoms in total. The molecule has 0 amide bonds. The molecule has 1 unspecified atom stereocenters. The van der Waals surface area contributed by atoms with Crippen molar-refractivity contribution >= 4 is 12.1 Å². The average molecular weight is 234 g/mol. The maximum absolute atomic E-state index is 11.0. The predicted molar refractivity (Wildman–Crippen MR) is 54.8 cm³/mol. The van der Waals surface area contributed by atoms with Crippen LogP contribution in [0.2, 0.25) is 0 Å². The van der Waals surface area contributed by atoms with Crippen LogP contribution >= 0.6 is 0 Å². The lowest BCUT2D eigenvalue weighted by atomic mass is 10.2. The van der Waals surface area contributed by atoms with Gasteiger partial charge in [-0.15, -0.1) is 0 Å². The molecule has 0 fully saturated rings. The van der Waals surface area contributed by atoms with Crippen molar-refractivity contribution in [3.63, 3.8) is 0 Å². The van der Waals surface area contributed by atoms with Gasteiger partial charge in [-0.25, -0.2) is 4.79 Å². The zero-order chi connectivity index (χ0) is 12.8. The summed E-state index contributed by atoms with van der Waals surface area (Å²) in [4.78, 5) is 21.4. The lowest BCUT2D eigenvalue weighted by molar-refractivity contribution is -0.144. The molecule has 0 aliphatic rings. The second kappa shape index (κ2) is 6.32. The molecule has 0 radical (unpaired) electrons. The Morgan fingerprint density at radius 3 is 2.12 bits per heavy atom. The molecule has 0 rings (SSSR count). The Bertz CT molecular complexity index is 242. The third kappa shape index (κ3) is 9.26. The highest BCUT2D eigenvalue weighted by molar-refractivity contribution is 5.65. The summed E-state index contributed by atoms with van der Waals surface area (Å²) >= 11 is 0. The number of ether oxygens (including phenoxy) is 3. The van der Waals surface area contributed by atoms with Crippen molar-refractivity contribution in [3.8, 4) is 0 Å². The first kappa shape index (κ1) is 14.7. The minimum absolute atomic E-state index is 0.210. The molecule has 0 saturated heterocycles. The van der Waals surface area contributed by atoms with Crippen LogP contribution in [0, 0.1) is 0 Å². The first-order valence-corrected chi connectivity index (χ1v) is 4.88. The molecule has 0 aliphatic heterocycles. The molecule has 1 atom stereocenters. The standard InChI is InChI=1S/C10H18O6/c1-7(11)14-5-8(12)6-15-9(13)16-10(2,3)4/h8,12H,5-6H2,1-4H3. The van der Waals surface area contributed by atoms with Crippen molar-refractivity contribution in [1.29, 1.82) is 0 Å². The number of carbonyl (C=O) groups is 2. The van der Waals surface area contributed by atoms with Crippen molar-refractivity contribution < 1.29 is 28.9 Å². The summed E-state index contributed by atoms with van der Waals surface area (Å²) in [5.74, 6) is -0.503. The molecule has 0 aromatic rings. The van der Waals surface area contributed by atoms with Gasteiger partial charge in [0.1, 0.15) is 24.9 Å². The number of esters is 1. The molecular formula is C10H18O6. The van der Waals surface area contributed by atoms with E-state index in [2.05, 4.69) is 9.47 Å². The van der Waals surface area contributed by atoms with Crippen molar-refractivity contribution in [1.82, 2.24) is 0 Å². The first-order valence-electron chi connectivity index (χ1n) is 4.88. The molecule has 16 heavy (non-hydrogen) atoms. The van der Waals surface area contributed by atoms with Gasteiger partial charge in [0.05, 0.1) is 0 Å². The van der Waals surface area contributed by atoms with Gasteiger partial charge in [-0.2, -0.15) is 0 Å². The van der Waals surface area contributed by atoms with Crippen molar-refractivity contribution in [2.24, 2.45) is 0 Å². The Morgan fingerprint density at radius 2 is 1.69 bits per heavy atom. The van der Waals surface area contributed by atoms with E-state index in [0.717, 1.165) is 0 Å². The summed E-state index contributed by atoms with van der Waals surface area (Å²) < 4.78 is 14.0. The largest absolute Gasteiger partial charge is 0.508 e. The van der Waals surface area contributed by atoms with E-state index in [1.807, 2.05) is 0 Å².